The lowest BCUT2D eigenvalue weighted by molar-refractivity contribution is -0.118. The molecule has 1 aromatic carbocycles. The number of aromatic nitrogens is 3. The van der Waals surface area contributed by atoms with Gasteiger partial charge in [-0.2, -0.15) is 4.98 Å². The fourth-order valence-corrected chi connectivity index (χ4v) is 3.40. The number of aliphatic hydroxyl groups excluding tert-OH is 1. The highest BCUT2D eigenvalue weighted by molar-refractivity contribution is 5.73. The van der Waals surface area contributed by atoms with Gasteiger partial charge in [-0.1, -0.05) is 5.16 Å². The number of carbonyl (C=O) groups excluding carboxylic acids is 1. The first kappa shape index (κ1) is 24.2. The Morgan fingerprint density at radius 2 is 1.79 bits per heavy atom. The molecule has 0 spiro atoms. The molecule has 1 amide bonds. The van der Waals surface area contributed by atoms with Crippen LogP contribution in [0.1, 0.15) is 43.5 Å². The van der Waals surface area contributed by atoms with Crippen molar-refractivity contribution in [1.82, 2.24) is 15.1 Å². The fraction of sp³-hybridized carbons (Fsp3) is 0.417. The van der Waals surface area contributed by atoms with E-state index in [4.69, 9.17) is 19.7 Å². The van der Waals surface area contributed by atoms with Crippen molar-refractivity contribution in [3.8, 4) is 34.5 Å². The molecule has 0 aliphatic rings. The molecule has 0 fully saturated rings. The number of carbonyl (C=O) groups is 1. The van der Waals surface area contributed by atoms with Crippen LogP contribution in [0.5, 0.6) is 11.6 Å². The summed E-state index contributed by atoms with van der Waals surface area (Å²) >= 11 is 0. The first-order valence-corrected chi connectivity index (χ1v) is 10.8. The summed E-state index contributed by atoms with van der Waals surface area (Å²) in [6.45, 7) is 9.64. The number of ether oxygens (including phenoxy) is 2. The summed E-state index contributed by atoms with van der Waals surface area (Å²) in [6.07, 6.45) is -0.398. The number of pyridine rings is 1. The maximum absolute atomic E-state index is 10.9. The van der Waals surface area contributed by atoms with Crippen molar-refractivity contribution in [2.45, 2.75) is 59.7 Å². The van der Waals surface area contributed by atoms with E-state index >= 15 is 0 Å². The van der Waals surface area contributed by atoms with Crippen LogP contribution in [0.25, 0.3) is 22.8 Å². The molecule has 0 saturated heterocycles. The minimum absolute atomic E-state index is 0.00125. The molecular weight excluding hydrogens is 424 g/mol. The molecule has 9 heteroatoms. The van der Waals surface area contributed by atoms with Crippen LogP contribution in [-0.4, -0.2) is 45.0 Å². The number of nitrogens with two attached hydrogens (primary N) is 1. The molecule has 3 N–H and O–H groups in total. The molecule has 3 rings (SSSR count). The predicted molar refractivity (Wildman–Crippen MR) is 123 cm³/mol. The van der Waals surface area contributed by atoms with E-state index in [2.05, 4.69) is 15.1 Å². The molecule has 0 saturated carbocycles. The number of hydrogen-bond acceptors (Lipinski definition) is 8. The van der Waals surface area contributed by atoms with E-state index in [0.29, 0.717) is 23.3 Å². The van der Waals surface area contributed by atoms with E-state index in [1.54, 1.807) is 6.07 Å². The summed E-state index contributed by atoms with van der Waals surface area (Å²) in [6, 6.07) is 7.44. The first-order valence-electron chi connectivity index (χ1n) is 10.8. The van der Waals surface area contributed by atoms with Gasteiger partial charge in [0.2, 0.25) is 17.6 Å². The lowest BCUT2D eigenvalue weighted by Crippen LogP contribution is -2.21. The quantitative estimate of drug-likeness (QED) is 0.475. The summed E-state index contributed by atoms with van der Waals surface area (Å²) in [5.41, 5.74) is 9.16. The second kappa shape index (κ2) is 10.4. The summed E-state index contributed by atoms with van der Waals surface area (Å²) < 4.78 is 17.0. The van der Waals surface area contributed by atoms with Crippen LogP contribution in [0.15, 0.2) is 28.8 Å². The lowest BCUT2D eigenvalue weighted by Gasteiger charge is -2.16. The van der Waals surface area contributed by atoms with E-state index in [0.717, 1.165) is 27.9 Å². The third-order valence-corrected chi connectivity index (χ3v) is 4.82. The van der Waals surface area contributed by atoms with Gasteiger partial charge in [0.1, 0.15) is 12.4 Å². The van der Waals surface area contributed by atoms with Gasteiger partial charge in [-0.3, -0.25) is 4.79 Å². The van der Waals surface area contributed by atoms with Gasteiger partial charge in [0.25, 0.3) is 5.89 Å². The number of amides is 1. The summed E-state index contributed by atoms with van der Waals surface area (Å²) in [4.78, 5) is 19.8. The van der Waals surface area contributed by atoms with Crippen molar-refractivity contribution in [1.29, 1.82) is 0 Å². The van der Waals surface area contributed by atoms with Crippen molar-refractivity contribution in [2.75, 3.05) is 6.61 Å². The number of nitrogens with zero attached hydrogens (tertiary/aromatic N) is 3. The van der Waals surface area contributed by atoms with Gasteiger partial charge in [-0.25, -0.2) is 4.98 Å². The molecule has 0 aliphatic heterocycles. The summed E-state index contributed by atoms with van der Waals surface area (Å²) in [5, 5.41) is 14.1. The van der Waals surface area contributed by atoms with Gasteiger partial charge in [-0.15, -0.1) is 0 Å². The van der Waals surface area contributed by atoms with Gasteiger partial charge in [0, 0.05) is 29.3 Å². The van der Waals surface area contributed by atoms with E-state index in [9.17, 15) is 9.90 Å². The summed E-state index contributed by atoms with van der Waals surface area (Å²) in [5.74, 6) is 1.55. The Hall–Kier alpha value is -3.46. The minimum atomic E-state index is -0.774. The van der Waals surface area contributed by atoms with E-state index < -0.39 is 12.0 Å². The standard InChI is InChI=1S/C24H30N4O5/c1-13(2)32-21-11-18(10-16(5)26-21)24-27-23(28-33-24)17-8-14(3)22(15(4)9-17)31-12-19(29)6-7-20(25)30/h8-11,13,19,29H,6-7,12H2,1-5H3,(H2,25,30). The highest BCUT2D eigenvalue weighted by Gasteiger charge is 2.16. The number of aliphatic hydroxyl groups is 1. The highest BCUT2D eigenvalue weighted by atomic mass is 16.5. The van der Waals surface area contributed by atoms with Crippen LogP contribution in [0.4, 0.5) is 0 Å². The Morgan fingerprint density at radius 3 is 2.42 bits per heavy atom. The third kappa shape index (κ3) is 6.52. The molecule has 2 aromatic heterocycles. The molecule has 1 atom stereocenters. The van der Waals surface area contributed by atoms with Crippen molar-refractivity contribution >= 4 is 5.91 Å². The molecular formula is C24H30N4O5. The SMILES string of the molecule is Cc1cc(-c2nc(-c3cc(C)c(OCC(O)CCC(N)=O)c(C)c3)no2)cc(OC(C)C)n1. The second-order valence-electron chi connectivity index (χ2n) is 8.33. The Labute approximate surface area is 192 Å². The molecule has 0 aliphatic carbocycles. The van der Waals surface area contributed by atoms with Crippen molar-refractivity contribution in [2.24, 2.45) is 5.73 Å². The average molecular weight is 455 g/mol. The number of rotatable bonds is 10. The Bertz CT molecular complexity index is 1100. The van der Waals surface area contributed by atoms with E-state index in [1.807, 2.05) is 52.8 Å². The minimum Gasteiger partial charge on any atom is -0.490 e. The van der Waals surface area contributed by atoms with Gasteiger partial charge < -0.3 is 24.8 Å². The number of benzene rings is 1. The Balaban J connectivity index is 1.78. The van der Waals surface area contributed by atoms with Crippen molar-refractivity contribution < 1.29 is 23.9 Å². The van der Waals surface area contributed by atoms with Crippen molar-refractivity contribution in [3.63, 3.8) is 0 Å². The predicted octanol–water partition coefficient (Wildman–Crippen LogP) is 3.52. The molecule has 1 unspecified atom stereocenters. The van der Waals surface area contributed by atoms with Crippen LogP contribution in [0.3, 0.4) is 0 Å². The van der Waals surface area contributed by atoms with Crippen LogP contribution >= 0.6 is 0 Å². The molecule has 176 valence electrons. The van der Waals surface area contributed by atoms with Gasteiger partial charge in [0.05, 0.1) is 12.2 Å². The molecule has 9 nitrogen and oxygen atoms in total. The van der Waals surface area contributed by atoms with Crippen LogP contribution in [0.2, 0.25) is 0 Å². The van der Waals surface area contributed by atoms with Crippen LogP contribution in [0, 0.1) is 20.8 Å². The Morgan fingerprint density at radius 1 is 1.09 bits per heavy atom. The first-order chi connectivity index (χ1) is 15.6. The molecule has 0 bridgehead atoms. The van der Waals surface area contributed by atoms with Crippen molar-refractivity contribution in [3.05, 3.63) is 41.1 Å². The van der Waals surface area contributed by atoms with Gasteiger partial charge >= 0.3 is 0 Å². The van der Waals surface area contributed by atoms with E-state index in [-0.39, 0.29) is 25.6 Å². The smallest absolute Gasteiger partial charge is 0.258 e. The highest BCUT2D eigenvalue weighted by Crippen LogP contribution is 2.31. The molecule has 2 heterocycles. The zero-order chi connectivity index (χ0) is 24.1. The van der Waals surface area contributed by atoms with Crippen LogP contribution < -0.4 is 15.2 Å². The largest absolute Gasteiger partial charge is 0.490 e. The molecule has 33 heavy (non-hydrogen) atoms. The van der Waals surface area contributed by atoms with Gasteiger partial charge in [-0.05, 0) is 70.4 Å². The molecule has 3 aromatic rings. The maximum Gasteiger partial charge on any atom is 0.258 e. The third-order valence-electron chi connectivity index (χ3n) is 4.82. The topological polar surface area (TPSA) is 134 Å². The Kier molecular flexibility index (Phi) is 7.65. The fourth-order valence-electron chi connectivity index (χ4n) is 3.40. The lowest BCUT2D eigenvalue weighted by atomic mass is 10.1. The van der Waals surface area contributed by atoms with Crippen LogP contribution in [-0.2, 0) is 4.79 Å². The second-order valence-corrected chi connectivity index (χ2v) is 8.33. The number of primary amides is 1. The number of hydrogen-bond donors (Lipinski definition) is 2. The summed E-state index contributed by atoms with van der Waals surface area (Å²) in [7, 11) is 0. The zero-order valence-electron chi connectivity index (χ0n) is 19.6. The van der Waals surface area contributed by atoms with E-state index in [1.165, 1.54) is 0 Å². The number of aryl methyl sites for hydroxylation is 3. The normalized spacial score (nSPS) is 12.1. The monoisotopic (exact) mass is 454 g/mol. The van der Waals surface area contributed by atoms with Gasteiger partial charge in [0.15, 0.2) is 0 Å². The average Bonchev–Trinajstić information content (AvgIpc) is 3.21. The molecule has 0 radical (unpaired) electrons. The maximum atomic E-state index is 10.9. The zero-order valence-corrected chi connectivity index (χ0v) is 19.6.